The summed E-state index contributed by atoms with van der Waals surface area (Å²) in [6, 6.07) is 0. The number of rotatable bonds is 2. The van der Waals surface area contributed by atoms with E-state index >= 15 is 0 Å². The molecule has 1 N–H and O–H groups in total. The van der Waals surface area contributed by atoms with Gasteiger partial charge in [-0.15, -0.1) is 0 Å². The van der Waals surface area contributed by atoms with Gasteiger partial charge in [0.2, 0.25) is 0 Å². The molecule has 0 aliphatic carbocycles. The third kappa shape index (κ3) is 2.14. The topological polar surface area (TPSA) is 46.9 Å². The fourth-order valence-electron chi connectivity index (χ4n) is 1.31. The minimum absolute atomic E-state index is 0.185. The SMILES string of the molecule is CCn1ncc(Cl)c1/C=C1/SC(=S)NC1=O. The monoisotopic (exact) mass is 273 g/mol. The van der Waals surface area contributed by atoms with Crippen molar-refractivity contribution in [1.82, 2.24) is 15.1 Å². The summed E-state index contributed by atoms with van der Waals surface area (Å²) in [5.41, 5.74) is 0.728. The van der Waals surface area contributed by atoms with E-state index in [0.717, 1.165) is 5.69 Å². The van der Waals surface area contributed by atoms with Crippen molar-refractivity contribution in [2.75, 3.05) is 0 Å². The maximum absolute atomic E-state index is 11.5. The fourth-order valence-corrected chi connectivity index (χ4v) is 2.53. The highest BCUT2D eigenvalue weighted by Gasteiger charge is 2.23. The maximum Gasteiger partial charge on any atom is 0.263 e. The molecule has 0 saturated carbocycles. The van der Waals surface area contributed by atoms with Crippen LogP contribution in [0.25, 0.3) is 6.08 Å². The molecule has 0 aromatic carbocycles. The van der Waals surface area contributed by atoms with Gasteiger partial charge in [0.1, 0.15) is 4.32 Å². The lowest BCUT2D eigenvalue weighted by molar-refractivity contribution is -0.115. The first-order valence-electron chi connectivity index (χ1n) is 4.58. The van der Waals surface area contributed by atoms with E-state index in [2.05, 4.69) is 10.4 Å². The summed E-state index contributed by atoms with van der Waals surface area (Å²) in [6.45, 7) is 2.65. The number of thiocarbonyl (C=S) groups is 1. The largest absolute Gasteiger partial charge is 0.307 e. The number of carbonyl (C=O) groups excluding carboxylic acids is 1. The van der Waals surface area contributed by atoms with Gasteiger partial charge in [0.05, 0.1) is 21.8 Å². The van der Waals surface area contributed by atoms with E-state index in [1.54, 1.807) is 17.0 Å². The summed E-state index contributed by atoms with van der Waals surface area (Å²) in [5, 5.41) is 7.17. The van der Waals surface area contributed by atoms with Crippen LogP contribution in [0.2, 0.25) is 5.02 Å². The van der Waals surface area contributed by atoms with Crippen molar-refractivity contribution in [2.24, 2.45) is 0 Å². The van der Waals surface area contributed by atoms with E-state index in [9.17, 15) is 4.79 Å². The molecule has 7 heteroatoms. The molecule has 1 amide bonds. The third-order valence-electron chi connectivity index (χ3n) is 2.04. The van der Waals surface area contributed by atoms with Crippen LogP contribution in [0.5, 0.6) is 0 Å². The number of hydrogen-bond acceptors (Lipinski definition) is 4. The van der Waals surface area contributed by atoms with Crippen LogP contribution in [0.15, 0.2) is 11.1 Å². The molecule has 1 saturated heterocycles. The summed E-state index contributed by atoms with van der Waals surface area (Å²) >= 11 is 12.1. The molecular weight excluding hydrogens is 266 g/mol. The highest BCUT2D eigenvalue weighted by molar-refractivity contribution is 8.26. The highest BCUT2D eigenvalue weighted by atomic mass is 35.5. The molecule has 1 aliphatic heterocycles. The van der Waals surface area contributed by atoms with Crippen molar-refractivity contribution in [1.29, 1.82) is 0 Å². The Kier molecular flexibility index (Phi) is 3.32. The fraction of sp³-hybridized carbons (Fsp3) is 0.222. The minimum atomic E-state index is -0.185. The number of aromatic nitrogens is 2. The van der Waals surface area contributed by atoms with Gasteiger partial charge in [0.15, 0.2) is 0 Å². The Morgan fingerprint density at radius 3 is 3.06 bits per heavy atom. The van der Waals surface area contributed by atoms with E-state index < -0.39 is 0 Å². The van der Waals surface area contributed by atoms with Crippen molar-refractivity contribution in [3.63, 3.8) is 0 Å². The molecule has 2 rings (SSSR count). The van der Waals surface area contributed by atoms with Gasteiger partial charge in [-0.25, -0.2) is 0 Å². The molecule has 4 nitrogen and oxygen atoms in total. The molecule has 84 valence electrons. The van der Waals surface area contributed by atoms with Crippen LogP contribution >= 0.6 is 35.6 Å². The third-order valence-corrected chi connectivity index (χ3v) is 3.50. The first-order valence-corrected chi connectivity index (χ1v) is 6.18. The molecule has 1 fully saturated rings. The van der Waals surface area contributed by atoms with Crippen LogP contribution in [-0.2, 0) is 11.3 Å². The lowest BCUT2D eigenvalue weighted by atomic mass is 10.3. The Bertz CT molecular complexity index is 495. The summed E-state index contributed by atoms with van der Waals surface area (Å²) < 4.78 is 2.19. The molecule has 0 atom stereocenters. The van der Waals surface area contributed by atoms with Crippen LogP contribution < -0.4 is 5.32 Å². The second-order valence-corrected chi connectivity index (χ2v) is 5.17. The van der Waals surface area contributed by atoms with Crippen LogP contribution in [-0.4, -0.2) is 20.0 Å². The lowest BCUT2D eigenvalue weighted by Gasteiger charge is -2.00. The van der Waals surface area contributed by atoms with Gasteiger partial charge in [-0.2, -0.15) is 5.10 Å². The Morgan fingerprint density at radius 2 is 2.50 bits per heavy atom. The summed E-state index contributed by atoms with van der Waals surface area (Å²) in [5.74, 6) is -0.185. The molecule has 0 radical (unpaired) electrons. The zero-order valence-corrected chi connectivity index (χ0v) is 10.7. The number of hydrogen-bond donors (Lipinski definition) is 1. The van der Waals surface area contributed by atoms with Gasteiger partial charge in [-0.3, -0.25) is 9.48 Å². The van der Waals surface area contributed by atoms with Crippen molar-refractivity contribution < 1.29 is 4.79 Å². The van der Waals surface area contributed by atoms with Gasteiger partial charge < -0.3 is 5.32 Å². The van der Waals surface area contributed by atoms with Crippen molar-refractivity contribution >= 4 is 51.9 Å². The number of amides is 1. The van der Waals surface area contributed by atoms with Crippen LogP contribution in [0.3, 0.4) is 0 Å². The predicted octanol–water partition coefficient (Wildman–Crippen LogP) is 2.05. The standard InChI is InChI=1S/C9H8ClN3OS2/c1-2-13-6(5(10)4-11-13)3-7-8(14)12-9(15)16-7/h3-4H,2H2,1H3,(H,12,14,15)/b7-3+. The Hall–Kier alpha value is -0.850. The minimum Gasteiger partial charge on any atom is -0.307 e. The first-order chi connectivity index (χ1) is 7.61. The molecule has 1 aromatic rings. The van der Waals surface area contributed by atoms with E-state index in [-0.39, 0.29) is 5.91 Å². The molecule has 16 heavy (non-hydrogen) atoms. The second-order valence-electron chi connectivity index (χ2n) is 3.05. The molecular formula is C9H8ClN3OS2. The van der Waals surface area contributed by atoms with E-state index in [4.69, 9.17) is 23.8 Å². The maximum atomic E-state index is 11.5. The Labute approximate surface area is 107 Å². The Balaban J connectivity index is 2.39. The molecule has 2 heterocycles. The van der Waals surface area contributed by atoms with Crippen molar-refractivity contribution in [3.8, 4) is 0 Å². The molecule has 0 unspecified atom stereocenters. The van der Waals surface area contributed by atoms with Crippen molar-refractivity contribution in [3.05, 3.63) is 21.8 Å². The number of nitrogens with zero attached hydrogens (tertiary/aromatic N) is 2. The average molecular weight is 274 g/mol. The Morgan fingerprint density at radius 1 is 1.75 bits per heavy atom. The summed E-state index contributed by atoms with van der Waals surface area (Å²) in [7, 11) is 0. The zero-order chi connectivity index (χ0) is 11.7. The van der Waals surface area contributed by atoms with Crippen LogP contribution in [0.1, 0.15) is 12.6 Å². The van der Waals surface area contributed by atoms with Gasteiger partial charge in [0.25, 0.3) is 5.91 Å². The normalized spacial score (nSPS) is 18.2. The van der Waals surface area contributed by atoms with E-state index in [1.807, 2.05) is 6.92 Å². The van der Waals surface area contributed by atoms with Gasteiger partial charge in [-0.1, -0.05) is 35.6 Å². The molecule has 1 aliphatic rings. The van der Waals surface area contributed by atoms with Gasteiger partial charge in [0, 0.05) is 6.54 Å². The number of thioether (sulfide) groups is 1. The van der Waals surface area contributed by atoms with Crippen molar-refractivity contribution in [2.45, 2.75) is 13.5 Å². The molecule has 0 bridgehead atoms. The molecule has 1 aromatic heterocycles. The van der Waals surface area contributed by atoms with Crippen LogP contribution in [0, 0.1) is 0 Å². The quantitative estimate of drug-likeness (QED) is 0.662. The smallest absolute Gasteiger partial charge is 0.263 e. The second kappa shape index (κ2) is 4.57. The number of nitrogens with one attached hydrogen (secondary N) is 1. The predicted molar refractivity (Wildman–Crippen MR) is 69.2 cm³/mol. The zero-order valence-electron chi connectivity index (χ0n) is 8.36. The lowest BCUT2D eigenvalue weighted by Crippen LogP contribution is -2.17. The summed E-state index contributed by atoms with van der Waals surface area (Å²) in [6.07, 6.45) is 3.27. The average Bonchev–Trinajstić information content (AvgIpc) is 2.73. The highest BCUT2D eigenvalue weighted by Crippen LogP contribution is 2.28. The number of halogens is 1. The van der Waals surface area contributed by atoms with Crippen LogP contribution in [0.4, 0.5) is 0 Å². The van der Waals surface area contributed by atoms with Gasteiger partial charge >= 0.3 is 0 Å². The summed E-state index contributed by atoms with van der Waals surface area (Å²) in [4.78, 5) is 12.0. The first kappa shape index (κ1) is 11.6. The van der Waals surface area contributed by atoms with Gasteiger partial charge in [-0.05, 0) is 13.0 Å². The van der Waals surface area contributed by atoms with E-state index in [1.165, 1.54) is 11.8 Å². The van der Waals surface area contributed by atoms with E-state index in [0.29, 0.717) is 20.8 Å². The molecule has 0 spiro atoms. The number of carbonyl (C=O) groups is 1. The number of aryl methyl sites for hydroxylation is 1.